The standard InChI is InChI=1S/C14H22N4/c1-15-9-8-14-16-12-6-4-5-7-13(12)18(14)11-10-17(2)3/h4-7,15H,8-11H2,1-3H3. The predicted molar refractivity (Wildman–Crippen MR) is 75.9 cm³/mol. The SMILES string of the molecule is CNCCc1nc2ccccc2n1CCN(C)C. The summed E-state index contributed by atoms with van der Waals surface area (Å²) in [7, 11) is 6.19. The summed E-state index contributed by atoms with van der Waals surface area (Å²) >= 11 is 0. The van der Waals surface area contributed by atoms with Crippen molar-refractivity contribution in [2.45, 2.75) is 13.0 Å². The molecule has 98 valence electrons. The van der Waals surface area contributed by atoms with Crippen LogP contribution in [0.3, 0.4) is 0 Å². The third-order valence-corrected chi connectivity index (χ3v) is 3.10. The Bertz CT molecular complexity index is 501. The molecule has 1 aromatic heterocycles. The van der Waals surface area contributed by atoms with Crippen molar-refractivity contribution in [1.29, 1.82) is 0 Å². The van der Waals surface area contributed by atoms with Crippen molar-refractivity contribution in [3.63, 3.8) is 0 Å². The summed E-state index contributed by atoms with van der Waals surface area (Å²) in [5.74, 6) is 1.17. The van der Waals surface area contributed by atoms with Gasteiger partial charge >= 0.3 is 0 Å². The number of benzene rings is 1. The molecule has 0 aliphatic carbocycles. The molecular weight excluding hydrogens is 224 g/mol. The fourth-order valence-corrected chi connectivity index (χ4v) is 2.10. The minimum absolute atomic E-state index is 0.964. The monoisotopic (exact) mass is 246 g/mol. The smallest absolute Gasteiger partial charge is 0.111 e. The Labute approximate surface area is 109 Å². The van der Waals surface area contributed by atoms with Crippen molar-refractivity contribution in [3.8, 4) is 0 Å². The molecule has 4 nitrogen and oxygen atoms in total. The third-order valence-electron chi connectivity index (χ3n) is 3.10. The average Bonchev–Trinajstić information content (AvgIpc) is 2.71. The normalized spacial score (nSPS) is 11.6. The highest BCUT2D eigenvalue weighted by molar-refractivity contribution is 5.75. The molecule has 1 heterocycles. The van der Waals surface area contributed by atoms with Crippen LogP contribution < -0.4 is 5.32 Å². The van der Waals surface area contributed by atoms with Crippen LogP contribution in [0.15, 0.2) is 24.3 Å². The number of nitrogens with one attached hydrogen (secondary N) is 1. The lowest BCUT2D eigenvalue weighted by Crippen LogP contribution is -2.21. The number of fused-ring (bicyclic) bond motifs is 1. The van der Waals surface area contributed by atoms with Gasteiger partial charge in [-0.05, 0) is 33.3 Å². The van der Waals surface area contributed by atoms with Crippen LogP contribution >= 0.6 is 0 Å². The molecule has 2 rings (SSSR count). The van der Waals surface area contributed by atoms with Gasteiger partial charge in [-0.2, -0.15) is 0 Å². The molecule has 0 amide bonds. The van der Waals surface area contributed by atoms with Crippen molar-refractivity contribution < 1.29 is 0 Å². The van der Waals surface area contributed by atoms with Gasteiger partial charge < -0.3 is 14.8 Å². The van der Waals surface area contributed by atoms with E-state index in [2.05, 4.69) is 47.1 Å². The molecule has 1 N–H and O–H groups in total. The molecular formula is C14H22N4. The minimum atomic E-state index is 0.964. The third kappa shape index (κ3) is 2.89. The molecule has 0 saturated carbocycles. The van der Waals surface area contributed by atoms with Gasteiger partial charge in [-0.1, -0.05) is 12.1 Å². The topological polar surface area (TPSA) is 33.1 Å². The number of imidazole rings is 1. The van der Waals surface area contributed by atoms with Crippen LogP contribution in [0.5, 0.6) is 0 Å². The van der Waals surface area contributed by atoms with Crippen LogP contribution in [0.2, 0.25) is 0 Å². The Morgan fingerprint density at radius 3 is 2.78 bits per heavy atom. The first-order valence-corrected chi connectivity index (χ1v) is 6.46. The van der Waals surface area contributed by atoms with E-state index in [9.17, 15) is 0 Å². The highest BCUT2D eigenvalue weighted by Crippen LogP contribution is 2.16. The van der Waals surface area contributed by atoms with Gasteiger partial charge in [0.2, 0.25) is 0 Å². The molecule has 4 heteroatoms. The van der Waals surface area contributed by atoms with E-state index in [1.165, 1.54) is 11.3 Å². The van der Waals surface area contributed by atoms with E-state index in [0.29, 0.717) is 0 Å². The summed E-state index contributed by atoms with van der Waals surface area (Å²) in [6.07, 6.45) is 0.971. The van der Waals surface area contributed by atoms with Crippen molar-refractivity contribution in [2.24, 2.45) is 0 Å². The van der Waals surface area contributed by atoms with Gasteiger partial charge in [-0.3, -0.25) is 0 Å². The van der Waals surface area contributed by atoms with Crippen LogP contribution in [0, 0.1) is 0 Å². The zero-order valence-corrected chi connectivity index (χ0v) is 11.5. The zero-order valence-electron chi connectivity index (χ0n) is 11.5. The number of para-hydroxylation sites is 2. The molecule has 0 aliphatic rings. The van der Waals surface area contributed by atoms with Crippen LogP contribution in [-0.4, -0.2) is 48.7 Å². The van der Waals surface area contributed by atoms with Crippen molar-refractivity contribution in [1.82, 2.24) is 19.8 Å². The molecule has 0 fully saturated rings. The Hall–Kier alpha value is -1.39. The lowest BCUT2D eigenvalue weighted by molar-refractivity contribution is 0.383. The fraction of sp³-hybridized carbons (Fsp3) is 0.500. The van der Waals surface area contributed by atoms with Gasteiger partial charge in [0.25, 0.3) is 0 Å². The molecule has 2 aromatic rings. The first-order chi connectivity index (χ1) is 8.72. The van der Waals surface area contributed by atoms with Gasteiger partial charge in [0.05, 0.1) is 11.0 Å². The summed E-state index contributed by atoms with van der Waals surface area (Å²) in [5, 5.41) is 3.19. The molecule has 0 radical (unpaired) electrons. The lowest BCUT2D eigenvalue weighted by atomic mass is 10.3. The summed E-state index contributed by atoms with van der Waals surface area (Å²) in [5.41, 5.74) is 2.34. The number of hydrogen-bond donors (Lipinski definition) is 1. The fourth-order valence-electron chi connectivity index (χ4n) is 2.10. The van der Waals surface area contributed by atoms with Crippen LogP contribution in [-0.2, 0) is 13.0 Å². The molecule has 0 saturated heterocycles. The maximum absolute atomic E-state index is 4.73. The number of nitrogens with zero attached hydrogens (tertiary/aromatic N) is 3. The van der Waals surface area contributed by atoms with Gasteiger partial charge in [0.1, 0.15) is 5.82 Å². The molecule has 1 aromatic carbocycles. The maximum Gasteiger partial charge on any atom is 0.111 e. The summed E-state index contributed by atoms with van der Waals surface area (Å²) in [4.78, 5) is 6.94. The van der Waals surface area contributed by atoms with Crippen LogP contribution in [0.25, 0.3) is 11.0 Å². The largest absolute Gasteiger partial charge is 0.327 e. The molecule has 0 unspecified atom stereocenters. The Morgan fingerprint density at radius 1 is 1.28 bits per heavy atom. The Kier molecular flexibility index (Phi) is 4.33. The van der Waals surface area contributed by atoms with E-state index in [0.717, 1.165) is 31.6 Å². The molecule has 0 bridgehead atoms. The first-order valence-electron chi connectivity index (χ1n) is 6.46. The second kappa shape index (κ2) is 5.98. The number of aromatic nitrogens is 2. The Balaban J connectivity index is 2.31. The predicted octanol–water partition coefficient (Wildman–Crippen LogP) is 1.36. The molecule has 0 spiro atoms. The maximum atomic E-state index is 4.73. The first kappa shape index (κ1) is 13.1. The molecule has 0 atom stereocenters. The van der Waals surface area contributed by atoms with Crippen molar-refractivity contribution >= 4 is 11.0 Å². The van der Waals surface area contributed by atoms with Crippen molar-refractivity contribution in [2.75, 3.05) is 34.2 Å². The van der Waals surface area contributed by atoms with Gasteiger partial charge in [-0.15, -0.1) is 0 Å². The van der Waals surface area contributed by atoms with E-state index in [-0.39, 0.29) is 0 Å². The van der Waals surface area contributed by atoms with Crippen molar-refractivity contribution in [3.05, 3.63) is 30.1 Å². The second-order valence-corrected chi connectivity index (χ2v) is 4.83. The second-order valence-electron chi connectivity index (χ2n) is 4.83. The number of hydrogen-bond acceptors (Lipinski definition) is 3. The Morgan fingerprint density at radius 2 is 2.06 bits per heavy atom. The highest BCUT2D eigenvalue weighted by atomic mass is 15.1. The summed E-state index contributed by atoms with van der Waals surface area (Å²) < 4.78 is 2.34. The number of likely N-dealkylation sites (N-methyl/N-ethyl adjacent to an activating group) is 2. The van der Waals surface area contributed by atoms with E-state index >= 15 is 0 Å². The van der Waals surface area contributed by atoms with E-state index in [4.69, 9.17) is 4.98 Å². The van der Waals surface area contributed by atoms with E-state index in [1.54, 1.807) is 0 Å². The molecule has 18 heavy (non-hydrogen) atoms. The van der Waals surface area contributed by atoms with Gasteiger partial charge in [-0.25, -0.2) is 4.98 Å². The quantitative estimate of drug-likeness (QED) is 0.835. The molecule has 0 aliphatic heterocycles. The number of rotatable bonds is 6. The van der Waals surface area contributed by atoms with Crippen LogP contribution in [0.1, 0.15) is 5.82 Å². The van der Waals surface area contributed by atoms with Crippen LogP contribution in [0.4, 0.5) is 0 Å². The van der Waals surface area contributed by atoms with E-state index < -0.39 is 0 Å². The summed E-state index contributed by atoms with van der Waals surface area (Å²) in [6, 6.07) is 8.37. The average molecular weight is 246 g/mol. The van der Waals surface area contributed by atoms with Gasteiger partial charge in [0.15, 0.2) is 0 Å². The highest BCUT2D eigenvalue weighted by Gasteiger charge is 2.09. The zero-order chi connectivity index (χ0) is 13.0. The van der Waals surface area contributed by atoms with Gasteiger partial charge in [0, 0.05) is 26.1 Å². The summed E-state index contributed by atoms with van der Waals surface area (Å²) in [6.45, 7) is 2.99. The lowest BCUT2D eigenvalue weighted by Gasteiger charge is -2.13. The van der Waals surface area contributed by atoms with E-state index in [1.807, 2.05) is 13.1 Å². The minimum Gasteiger partial charge on any atom is -0.327 e.